The van der Waals surface area contributed by atoms with Gasteiger partial charge in [-0.25, -0.2) is 4.79 Å². The Labute approximate surface area is 133 Å². The highest BCUT2D eigenvalue weighted by molar-refractivity contribution is 7.07. The lowest BCUT2D eigenvalue weighted by atomic mass is 9.85. The van der Waals surface area contributed by atoms with E-state index in [1.807, 2.05) is 30.7 Å². The molecule has 1 N–H and O–H groups in total. The van der Waals surface area contributed by atoms with E-state index in [0.29, 0.717) is 12.1 Å². The Balaban J connectivity index is 2.17. The Bertz CT molecular complexity index is 762. The molecule has 0 radical (unpaired) electrons. The van der Waals surface area contributed by atoms with Crippen molar-refractivity contribution in [2.24, 2.45) is 0 Å². The van der Waals surface area contributed by atoms with Crippen LogP contribution in [0.3, 0.4) is 0 Å². The van der Waals surface area contributed by atoms with Crippen LogP contribution in [0.5, 0.6) is 0 Å². The van der Waals surface area contributed by atoms with E-state index in [9.17, 15) is 14.7 Å². The highest BCUT2D eigenvalue weighted by Gasteiger charge is 2.45. The summed E-state index contributed by atoms with van der Waals surface area (Å²) in [6.45, 7) is 6.03. The Morgan fingerprint density at radius 3 is 2.64 bits per heavy atom. The van der Waals surface area contributed by atoms with Gasteiger partial charge in [-0.2, -0.15) is 11.3 Å². The molecular weight excluding hydrogens is 298 g/mol. The predicted molar refractivity (Wildman–Crippen MR) is 86.7 cm³/mol. The number of fused-ring (bicyclic) bond motifs is 1. The normalized spacial score (nSPS) is 16.0. The van der Waals surface area contributed by atoms with Crippen molar-refractivity contribution in [1.82, 2.24) is 0 Å². The first-order chi connectivity index (χ1) is 10.3. The van der Waals surface area contributed by atoms with Gasteiger partial charge in [-0.05, 0) is 60.4 Å². The van der Waals surface area contributed by atoms with Gasteiger partial charge in [0.05, 0.1) is 23.2 Å². The van der Waals surface area contributed by atoms with Crippen molar-refractivity contribution in [1.29, 1.82) is 0 Å². The molecule has 0 aliphatic carbocycles. The molecule has 22 heavy (non-hydrogen) atoms. The quantitative estimate of drug-likeness (QED) is 0.942. The number of carboxylic acid groups (broad SMARTS) is 1. The molecule has 5 heteroatoms. The summed E-state index contributed by atoms with van der Waals surface area (Å²) in [4.78, 5) is 25.9. The van der Waals surface area contributed by atoms with Gasteiger partial charge in [0, 0.05) is 0 Å². The number of benzene rings is 1. The lowest BCUT2D eigenvalue weighted by Crippen LogP contribution is -2.35. The SMILES string of the molecule is Cc1c(C(=O)O)ccc2c1N(Cc1ccsc1)C(=O)C2(C)C. The van der Waals surface area contributed by atoms with Crippen molar-refractivity contribution in [3.63, 3.8) is 0 Å². The second kappa shape index (κ2) is 4.95. The number of amides is 1. The minimum absolute atomic E-state index is 0.0133. The van der Waals surface area contributed by atoms with Crippen molar-refractivity contribution in [3.05, 3.63) is 51.2 Å². The molecule has 0 saturated carbocycles. The number of hydrogen-bond donors (Lipinski definition) is 1. The zero-order valence-corrected chi connectivity index (χ0v) is 13.5. The number of anilines is 1. The van der Waals surface area contributed by atoms with E-state index < -0.39 is 11.4 Å². The summed E-state index contributed by atoms with van der Waals surface area (Å²) in [5, 5.41) is 13.3. The third kappa shape index (κ3) is 2.04. The van der Waals surface area contributed by atoms with Gasteiger partial charge in [0.1, 0.15) is 0 Å². The molecule has 0 fully saturated rings. The Kier molecular flexibility index (Phi) is 3.33. The van der Waals surface area contributed by atoms with Gasteiger partial charge in [-0.3, -0.25) is 4.79 Å². The fraction of sp³-hybridized carbons (Fsp3) is 0.294. The van der Waals surface area contributed by atoms with E-state index in [2.05, 4.69) is 0 Å². The van der Waals surface area contributed by atoms with Crippen LogP contribution in [0.1, 0.15) is 40.9 Å². The number of thiophene rings is 1. The molecule has 1 aromatic heterocycles. The molecule has 1 aromatic carbocycles. The van der Waals surface area contributed by atoms with Crippen LogP contribution in [0, 0.1) is 6.92 Å². The fourth-order valence-electron chi connectivity index (χ4n) is 3.05. The smallest absolute Gasteiger partial charge is 0.336 e. The first kappa shape index (κ1) is 14.8. The van der Waals surface area contributed by atoms with Gasteiger partial charge in [-0.1, -0.05) is 6.07 Å². The summed E-state index contributed by atoms with van der Waals surface area (Å²) in [7, 11) is 0. The van der Waals surface area contributed by atoms with Gasteiger partial charge in [0.15, 0.2) is 0 Å². The second-order valence-corrected chi connectivity index (χ2v) is 6.87. The van der Waals surface area contributed by atoms with Gasteiger partial charge in [0.2, 0.25) is 5.91 Å². The molecule has 0 saturated heterocycles. The summed E-state index contributed by atoms with van der Waals surface area (Å²) < 4.78 is 0. The van der Waals surface area contributed by atoms with Crippen molar-refractivity contribution < 1.29 is 14.7 Å². The van der Waals surface area contributed by atoms with E-state index in [1.165, 1.54) is 0 Å². The molecule has 2 aromatic rings. The van der Waals surface area contributed by atoms with Gasteiger partial charge in [-0.15, -0.1) is 0 Å². The fourth-order valence-corrected chi connectivity index (χ4v) is 3.71. The summed E-state index contributed by atoms with van der Waals surface area (Å²) in [6.07, 6.45) is 0. The summed E-state index contributed by atoms with van der Waals surface area (Å²) in [5.41, 5.74) is 2.98. The minimum Gasteiger partial charge on any atom is -0.478 e. The van der Waals surface area contributed by atoms with Gasteiger partial charge < -0.3 is 10.0 Å². The Hall–Kier alpha value is -2.14. The van der Waals surface area contributed by atoms with E-state index in [-0.39, 0.29) is 11.5 Å². The lowest BCUT2D eigenvalue weighted by molar-refractivity contribution is -0.122. The van der Waals surface area contributed by atoms with Crippen LogP contribution in [0.25, 0.3) is 0 Å². The number of rotatable bonds is 3. The van der Waals surface area contributed by atoms with Crippen molar-refractivity contribution >= 4 is 28.9 Å². The van der Waals surface area contributed by atoms with Crippen molar-refractivity contribution in [3.8, 4) is 0 Å². The maximum atomic E-state index is 12.8. The average Bonchev–Trinajstić information content (AvgIpc) is 3.02. The largest absolute Gasteiger partial charge is 0.478 e. The van der Waals surface area contributed by atoms with Crippen LogP contribution in [-0.2, 0) is 16.8 Å². The van der Waals surface area contributed by atoms with E-state index in [4.69, 9.17) is 0 Å². The highest BCUT2D eigenvalue weighted by Crippen LogP contribution is 2.45. The van der Waals surface area contributed by atoms with E-state index in [1.54, 1.807) is 35.3 Å². The van der Waals surface area contributed by atoms with Crippen LogP contribution < -0.4 is 4.90 Å². The molecule has 3 rings (SSSR count). The molecule has 1 amide bonds. The molecule has 0 spiro atoms. The van der Waals surface area contributed by atoms with Crippen LogP contribution in [0.2, 0.25) is 0 Å². The molecule has 0 unspecified atom stereocenters. The number of carbonyl (C=O) groups excluding carboxylic acids is 1. The van der Waals surface area contributed by atoms with Crippen LogP contribution in [0.4, 0.5) is 5.69 Å². The molecule has 1 aliphatic heterocycles. The first-order valence-electron chi connectivity index (χ1n) is 7.04. The van der Waals surface area contributed by atoms with Crippen LogP contribution >= 0.6 is 11.3 Å². The lowest BCUT2D eigenvalue weighted by Gasteiger charge is -2.21. The molecule has 0 atom stereocenters. The minimum atomic E-state index is -0.965. The molecular formula is C17H17NO3S. The molecule has 4 nitrogen and oxygen atoms in total. The number of nitrogens with zero attached hydrogens (tertiary/aromatic N) is 1. The Morgan fingerprint density at radius 1 is 1.32 bits per heavy atom. The Morgan fingerprint density at radius 2 is 2.05 bits per heavy atom. The molecule has 0 bridgehead atoms. The number of hydrogen-bond acceptors (Lipinski definition) is 3. The molecule has 1 aliphatic rings. The number of carbonyl (C=O) groups is 2. The summed E-state index contributed by atoms with van der Waals surface area (Å²) in [6, 6.07) is 5.36. The van der Waals surface area contributed by atoms with Gasteiger partial charge in [0.25, 0.3) is 0 Å². The number of aromatic carboxylic acids is 1. The maximum absolute atomic E-state index is 12.8. The second-order valence-electron chi connectivity index (χ2n) is 6.09. The monoisotopic (exact) mass is 315 g/mol. The summed E-state index contributed by atoms with van der Waals surface area (Å²) >= 11 is 1.59. The highest BCUT2D eigenvalue weighted by atomic mass is 32.1. The zero-order valence-electron chi connectivity index (χ0n) is 12.7. The standard InChI is InChI=1S/C17H17NO3S/c1-10-12(15(19)20)4-5-13-14(10)18(16(21)17(13,2)3)8-11-6-7-22-9-11/h4-7,9H,8H2,1-3H3,(H,19,20). The number of carboxylic acids is 1. The third-order valence-corrected chi connectivity index (χ3v) is 5.04. The van der Waals surface area contributed by atoms with E-state index >= 15 is 0 Å². The maximum Gasteiger partial charge on any atom is 0.336 e. The van der Waals surface area contributed by atoms with Crippen molar-refractivity contribution in [2.75, 3.05) is 4.90 Å². The average molecular weight is 315 g/mol. The topological polar surface area (TPSA) is 57.6 Å². The van der Waals surface area contributed by atoms with Crippen LogP contribution in [-0.4, -0.2) is 17.0 Å². The van der Waals surface area contributed by atoms with E-state index in [0.717, 1.165) is 16.8 Å². The predicted octanol–water partition coefficient (Wildman–Crippen LogP) is 3.58. The molecule has 114 valence electrons. The first-order valence-corrected chi connectivity index (χ1v) is 7.98. The van der Waals surface area contributed by atoms with Crippen molar-refractivity contribution in [2.45, 2.75) is 32.7 Å². The zero-order chi connectivity index (χ0) is 16.1. The van der Waals surface area contributed by atoms with Crippen LogP contribution in [0.15, 0.2) is 29.0 Å². The molecule has 2 heterocycles. The summed E-state index contributed by atoms with van der Waals surface area (Å²) in [5.74, 6) is -0.952. The third-order valence-electron chi connectivity index (χ3n) is 4.31. The van der Waals surface area contributed by atoms with Gasteiger partial charge >= 0.3 is 5.97 Å².